The zero-order valence-electron chi connectivity index (χ0n) is 21.9. The maximum Gasteiger partial charge on any atom is 0.408 e. The van der Waals surface area contributed by atoms with Crippen molar-refractivity contribution < 1.29 is 42.5 Å². The van der Waals surface area contributed by atoms with Gasteiger partial charge in [0.2, 0.25) is 0 Å². The van der Waals surface area contributed by atoms with Gasteiger partial charge in [0.1, 0.15) is 34.5 Å². The molecule has 198 valence electrons. The van der Waals surface area contributed by atoms with Gasteiger partial charge in [-0.05, 0) is 41.5 Å². The summed E-state index contributed by atoms with van der Waals surface area (Å²) in [6, 6.07) is 1.75. The van der Waals surface area contributed by atoms with E-state index in [9.17, 15) is 18.8 Å². The molecule has 0 unspecified atom stereocenters. The number of carbonyl (C=O) groups excluding carboxylic acids is 3. The molecule has 2 N–H and O–H groups in total. The Morgan fingerprint density at radius 1 is 0.886 bits per heavy atom. The monoisotopic (exact) mass is 499 g/mol. The van der Waals surface area contributed by atoms with Crippen LogP contribution < -0.4 is 24.8 Å². The van der Waals surface area contributed by atoms with E-state index in [-0.39, 0.29) is 6.54 Å². The van der Waals surface area contributed by atoms with Gasteiger partial charge in [-0.3, -0.25) is 4.79 Å². The SMILES string of the molecule is COc1cc(OC)c(CNC(=O)[C@H]([18F])C[C@H](NC(=O)OC(C)(C)C)C(=O)OC(C)(C)C)c(OC)c1. The van der Waals surface area contributed by atoms with Crippen molar-refractivity contribution >= 4 is 18.0 Å². The van der Waals surface area contributed by atoms with E-state index in [4.69, 9.17) is 23.7 Å². The summed E-state index contributed by atoms with van der Waals surface area (Å²) in [5.74, 6) is -0.669. The van der Waals surface area contributed by atoms with Gasteiger partial charge in [-0.1, -0.05) is 0 Å². The van der Waals surface area contributed by atoms with Crippen molar-refractivity contribution in [3.8, 4) is 17.2 Å². The quantitative estimate of drug-likeness (QED) is 0.471. The highest BCUT2D eigenvalue weighted by Gasteiger charge is 2.33. The Morgan fingerprint density at radius 2 is 1.40 bits per heavy atom. The molecule has 11 heteroatoms. The van der Waals surface area contributed by atoms with Crippen LogP contribution in [0.5, 0.6) is 17.2 Å². The highest BCUT2D eigenvalue weighted by atomic mass is 18.2. The highest BCUT2D eigenvalue weighted by molar-refractivity contribution is 5.85. The second kappa shape index (κ2) is 12.5. The molecule has 0 aliphatic carbocycles. The maximum absolute atomic E-state index is 14.9. The van der Waals surface area contributed by atoms with Gasteiger partial charge in [-0.15, -0.1) is 0 Å². The van der Waals surface area contributed by atoms with Crippen LogP contribution in [0, 0.1) is 0 Å². The average Bonchev–Trinajstić information content (AvgIpc) is 2.73. The topological polar surface area (TPSA) is 121 Å². The third kappa shape index (κ3) is 10.3. The normalized spacial score (nSPS) is 13.2. The first kappa shape index (κ1) is 29.8. The molecule has 0 heterocycles. The summed E-state index contributed by atoms with van der Waals surface area (Å²) in [7, 11) is 4.35. The highest BCUT2D eigenvalue weighted by Crippen LogP contribution is 2.34. The van der Waals surface area contributed by atoms with E-state index in [1.54, 1.807) is 53.7 Å². The Kier molecular flexibility index (Phi) is 10.6. The second-order valence-corrected chi connectivity index (χ2v) is 9.66. The summed E-state index contributed by atoms with van der Waals surface area (Å²) in [5.41, 5.74) is -1.27. The molecule has 0 aliphatic heterocycles. The Bertz CT molecular complexity index is 867. The maximum atomic E-state index is 14.9. The minimum Gasteiger partial charge on any atom is -0.496 e. The van der Waals surface area contributed by atoms with Gasteiger partial charge in [-0.2, -0.15) is 0 Å². The summed E-state index contributed by atoms with van der Waals surface area (Å²) >= 11 is 0. The number of esters is 1. The van der Waals surface area contributed by atoms with Crippen LogP contribution in [0.15, 0.2) is 12.1 Å². The average molecular weight is 500 g/mol. The van der Waals surface area contributed by atoms with Crippen LogP contribution in [0.4, 0.5) is 9.18 Å². The van der Waals surface area contributed by atoms with E-state index in [0.29, 0.717) is 22.8 Å². The standard InChI is InChI=1S/C24H37FN2O8/c1-23(2,3)34-21(29)17(27-22(30)35-24(4,5)6)12-16(25)20(28)26-13-15-18(32-8)10-14(31-7)11-19(15)33-9/h10-11,16-17H,12-13H2,1-9H3,(H,26,28)(H,27,30)/t16-,17+/m1/s1/i25-1. The first-order valence-corrected chi connectivity index (χ1v) is 11.0. The van der Waals surface area contributed by atoms with E-state index < -0.39 is 47.8 Å². The van der Waals surface area contributed by atoms with Gasteiger partial charge in [-0.25, -0.2) is 14.0 Å². The first-order valence-electron chi connectivity index (χ1n) is 11.0. The van der Waals surface area contributed by atoms with Crippen LogP contribution in [0.2, 0.25) is 0 Å². The fourth-order valence-corrected chi connectivity index (χ4v) is 2.89. The molecular formula is C24H37FN2O8. The summed E-state index contributed by atoms with van der Waals surface area (Å²) in [5, 5.41) is 4.75. The fraction of sp³-hybridized carbons (Fsp3) is 0.625. The largest absolute Gasteiger partial charge is 0.496 e. The number of alkyl halides is 1. The van der Waals surface area contributed by atoms with Crippen LogP contribution in [0.25, 0.3) is 0 Å². The molecule has 0 saturated heterocycles. The van der Waals surface area contributed by atoms with E-state index in [2.05, 4.69) is 10.6 Å². The lowest BCUT2D eigenvalue weighted by Crippen LogP contribution is -2.48. The van der Waals surface area contributed by atoms with Crippen molar-refractivity contribution in [3.63, 3.8) is 0 Å². The number of hydrogen-bond donors (Lipinski definition) is 2. The van der Waals surface area contributed by atoms with Crippen LogP contribution in [0.3, 0.4) is 0 Å². The summed E-state index contributed by atoms with van der Waals surface area (Å²) in [6.07, 6.45) is -3.73. The van der Waals surface area contributed by atoms with Gasteiger partial charge in [0.15, 0.2) is 6.17 Å². The summed E-state index contributed by atoms with van der Waals surface area (Å²) < 4.78 is 41.2. The first-order chi connectivity index (χ1) is 16.1. The molecule has 1 aromatic rings. The van der Waals surface area contributed by atoms with Crippen LogP contribution in [-0.4, -0.2) is 62.7 Å². The minimum atomic E-state index is -2.14. The molecule has 2 amide bonds. The van der Waals surface area contributed by atoms with Gasteiger partial charge >= 0.3 is 12.1 Å². The number of hydrogen-bond acceptors (Lipinski definition) is 8. The van der Waals surface area contributed by atoms with Gasteiger partial charge < -0.3 is 34.3 Å². The molecule has 0 fully saturated rings. The zero-order chi connectivity index (χ0) is 27.0. The third-order valence-electron chi connectivity index (χ3n) is 4.37. The molecule has 1 aromatic carbocycles. The molecule has 0 aromatic heterocycles. The molecule has 0 saturated carbocycles. The van der Waals surface area contributed by atoms with Crippen molar-refractivity contribution in [1.82, 2.24) is 10.6 Å². The molecule has 0 aliphatic rings. The third-order valence-corrected chi connectivity index (χ3v) is 4.37. The predicted octanol–water partition coefficient (Wildman–Crippen LogP) is 3.29. The molecule has 0 spiro atoms. The summed E-state index contributed by atoms with van der Waals surface area (Å²) in [6.45, 7) is 9.69. The number of amides is 2. The number of methoxy groups -OCH3 is 3. The van der Waals surface area contributed by atoms with Crippen molar-refractivity contribution in [1.29, 1.82) is 0 Å². The van der Waals surface area contributed by atoms with Gasteiger partial charge in [0.05, 0.1) is 33.4 Å². The molecular weight excluding hydrogens is 462 g/mol. The Labute approximate surface area is 205 Å². The number of ether oxygens (including phenoxy) is 5. The molecule has 0 radical (unpaired) electrons. The van der Waals surface area contributed by atoms with Crippen LogP contribution in [-0.2, 0) is 25.6 Å². The lowest BCUT2D eigenvalue weighted by molar-refractivity contribution is -0.158. The van der Waals surface area contributed by atoms with E-state index in [1.165, 1.54) is 21.3 Å². The van der Waals surface area contributed by atoms with Crippen molar-refractivity contribution in [2.24, 2.45) is 0 Å². The van der Waals surface area contributed by atoms with Crippen LogP contribution >= 0.6 is 0 Å². The molecule has 35 heavy (non-hydrogen) atoms. The minimum absolute atomic E-state index is 0.119. The molecule has 2 atom stereocenters. The Hall–Kier alpha value is -3.24. The number of rotatable bonds is 10. The fourth-order valence-electron chi connectivity index (χ4n) is 2.89. The Morgan fingerprint density at radius 3 is 1.83 bits per heavy atom. The van der Waals surface area contributed by atoms with Crippen LogP contribution in [0.1, 0.15) is 53.5 Å². The number of halogens is 1. The van der Waals surface area contributed by atoms with Crippen molar-refractivity contribution in [2.75, 3.05) is 21.3 Å². The molecule has 1 rings (SSSR count). The van der Waals surface area contributed by atoms with Gasteiger partial charge in [0.25, 0.3) is 5.91 Å². The number of benzene rings is 1. The van der Waals surface area contributed by atoms with E-state index in [0.717, 1.165) is 0 Å². The Balaban J connectivity index is 2.97. The number of nitrogens with one attached hydrogen (secondary N) is 2. The summed E-state index contributed by atoms with van der Waals surface area (Å²) in [4.78, 5) is 37.3. The molecule has 0 bridgehead atoms. The second-order valence-electron chi connectivity index (χ2n) is 9.66. The van der Waals surface area contributed by atoms with Crippen molar-refractivity contribution in [3.05, 3.63) is 17.7 Å². The predicted molar refractivity (Wildman–Crippen MR) is 126 cm³/mol. The smallest absolute Gasteiger partial charge is 0.408 e. The lowest BCUT2D eigenvalue weighted by atomic mass is 10.1. The van der Waals surface area contributed by atoms with E-state index >= 15 is 0 Å². The van der Waals surface area contributed by atoms with Crippen molar-refractivity contribution in [2.45, 2.75) is 77.9 Å². The lowest BCUT2D eigenvalue weighted by Gasteiger charge is -2.26. The number of alkyl carbamates (subject to hydrolysis) is 1. The zero-order valence-corrected chi connectivity index (χ0v) is 21.9. The van der Waals surface area contributed by atoms with E-state index in [1.807, 2.05) is 0 Å². The van der Waals surface area contributed by atoms with Gasteiger partial charge in [0, 0.05) is 18.6 Å². The number of carbonyl (C=O) groups is 3. The molecule has 10 nitrogen and oxygen atoms in total.